The maximum atomic E-state index is 12.9. The molecule has 0 aromatic heterocycles. The highest BCUT2D eigenvalue weighted by Crippen LogP contribution is 2.14. The summed E-state index contributed by atoms with van der Waals surface area (Å²) >= 11 is 0. The molecule has 0 aliphatic heterocycles. The number of benzene rings is 1. The summed E-state index contributed by atoms with van der Waals surface area (Å²) in [6.07, 6.45) is 0.911. The number of anilines is 1. The Morgan fingerprint density at radius 1 is 1.50 bits per heavy atom. The highest BCUT2D eigenvalue weighted by atomic mass is 19.1. The molecule has 0 atom stereocenters. The molecule has 1 aromatic carbocycles. The van der Waals surface area contributed by atoms with Gasteiger partial charge in [0.15, 0.2) is 5.82 Å². The monoisotopic (exact) mass is 199 g/mol. The highest BCUT2D eigenvalue weighted by Gasteiger charge is 2.04. The van der Waals surface area contributed by atoms with Crippen molar-refractivity contribution in [2.45, 2.75) is 0 Å². The number of nitrogens with one attached hydrogen (secondary N) is 1. The van der Waals surface area contributed by atoms with Gasteiger partial charge >= 0.3 is 5.97 Å². The van der Waals surface area contributed by atoms with Crippen LogP contribution in [0.4, 0.5) is 14.5 Å². The van der Waals surface area contributed by atoms with Gasteiger partial charge in [-0.2, -0.15) is 0 Å². The van der Waals surface area contributed by atoms with E-state index in [2.05, 4.69) is 11.4 Å². The van der Waals surface area contributed by atoms with Crippen molar-refractivity contribution in [2.75, 3.05) is 5.48 Å². The molecule has 0 amide bonds. The number of carbonyl (C=O) groups excluding carboxylic acids is 1. The molecule has 1 aromatic rings. The number of halogens is 2. The van der Waals surface area contributed by atoms with Crippen molar-refractivity contribution >= 4 is 11.7 Å². The zero-order valence-corrected chi connectivity index (χ0v) is 7.09. The topological polar surface area (TPSA) is 38.3 Å². The standard InChI is InChI=1S/C9H7F2NO2/c1-2-9(13)14-12-8-4-3-6(10)5-7(8)11/h2-5,12H,1H2. The van der Waals surface area contributed by atoms with Crippen molar-refractivity contribution in [1.82, 2.24) is 0 Å². The first-order chi connectivity index (χ1) is 6.63. The van der Waals surface area contributed by atoms with Crippen LogP contribution in [0.25, 0.3) is 0 Å². The van der Waals surface area contributed by atoms with Crippen LogP contribution >= 0.6 is 0 Å². The van der Waals surface area contributed by atoms with Crippen LogP contribution < -0.4 is 5.48 Å². The van der Waals surface area contributed by atoms with Crippen molar-refractivity contribution in [3.63, 3.8) is 0 Å². The molecular weight excluding hydrogens is 192 g/mol. The van der Waals surface area contributed by atoms with E-state index in [1.165, 1.54) is 0 Å². The fourth-order valence-electron chi connectivity index (χ4n) is 0.719. The minimum absolute atomic E-state index is 0.124. The molecule has 74 valence electrons. The summed E-state index contributed by atoms with van der Waals surface area (Å²) in [6.45, 7) is 3.14. The van der Waals surface area contributed by atoms with Crippen molar-refractivity contribution in [2.24, 2.45) is 0 Å². The van der Waals surface area contributed by atoms with Crippen LogP contribution in [0.1, 0.15) is 0 Å². The van der Waals surface area contributed by atoms with E-state index in [-0.39, 0.29) is 5.69 Å². The Hall–Kier alpha value is -1.91. The van der Waals surface area contributed by atoms with Gasteiger partial charge in [0, 0.05) is 12.1 Å². The first-order valence-corrected chi connectivity index (χ1v) is 3.68. The molecule has 14 heavy (non-hydrogen) atoms. The van der Waals surface area contributed by atoms with Crippen molar-refractivity contribution < 1.29 is 18.4 Å². The molecule has 0 saturated heterocycles. The number of carbonyl (C=O) groups is 1. The third-order valence-corrected chi connectivity index (χ3v) is 1.36. The molecule has 0 radical (unpaired) electrons. The molecular formula is C9H7F2NO2. The molecule has 1 rings (SSSR count). The van der Waals surface area contributed by atoms with E-state index in [0.29, 0.717) is 6.07 Å². The first-order valence-electron chi connectivity index (χ1n) is 3.68. The molecule has 0 saturated carbocycles. The summed E-state index contributed by atoms with van der Waals surface area (Å²) in [7, 11) is 0. The highest BCUT2D eigenvalue weighted by molar-refractivity contribution is 5.81. The lowest BCUT2D eigenvalue weighted by Gasteiger charge is -2.05. The third kappa shape index (κ3) is 2.55. The number of hydrogen-bond acceptors (Lipinski definition) is 3. The molecule has 0 spiro atoms. The van der Waals surface area contributed by atoms with Crippen LogP contribution in [0.2, 0.25) is 0 Å². The SMILES string of the molecule is C=CC(=O)ONc1ccc(F)cc1F. The molecule has 0 aliphatic carbocycles. The van der Waals surface area contributed by atoms with Crippen LogP contribution in [0.15, 0.2) is 30.9 Å². The minimum Gasteiger partial charge on any atom is -0.339 e. The number of rotatable bonds is 3. The van der Waals surface area contributed by atoms with Gasteiger partial charge in [0.05, 0.1) is 0 Å². The van der Waals surface area contributed by atoms with E-state index in [4.69, 9.17) is 0 Å². The predicted molar refractivity (Wildman–Crippen MR) is 46.3 cm³/mol. The van der Waals surface area contributed by atoms with Gasteiger partial charge in [-0.1, -0.05) is 6.58 Å². The summed E-state index contributed by atoms with van der Waals surface area (Å²) < 4.78 is 25.3. The van der Waals surface area contributed by atoms with Gasteiger partial charge in [0.1, 0.15) is 11.5 Å². The molecule has 3 nitrogen and oxygen atoms in total. The quantitative estimate of drug-likeness (QED) is 0.597. The molecule has 0 bridgehead atoms. The van der Waals surface area contributed by atoms with Crippen LogP contribution in [0, 0.1) is 11.6 Å². The summed E-state index contributed by atoms with van der Waals surface area (Å²) in [5.41, 5.74) is 1.90. The van der Waals surface area contributed by atoms with Gasteiger partial charge in [-0.05, 0) is 12.1 Å². The second-order valence-electron chi connectivity index (χ2n) is 2.35. The van der Waals surface area contributed by atoms with Crippen LogP contribution in [-0.4, -0.2) is 5.97 Å². The van der Waals surface area contributed by atoms with Gasteiger partial charge in [-0.15, -0.1) is 0 Å². The summed E-state index contributed by atoms with van der Waals surface area (Å²) in [5, 5.41) is 0. The van der Waals surface area contributed by atoms with Gasteiger partial charge < -0.3 is 4.84 Å². The average molecular weight is 199 g/mol. The zero-order valence-electron chi connectivity index (χ0n) is 7.09. The number of hydrogen-bond donors (Lipinski definition) is 1. The lowest BCUT2D eigenvalue weighted by atomic mass is 10.3. The second-order valence-corrected chi connectivity index (χ2v) is 2.35. The Balaban J connectivity index is 2.68. The van der Waals surface area contributed by atoms with E-state index in [9.17, 15) is 13.6 Å². The van der Waals surface area contributed by atoms with E-state index >= 15 is 0 Å². The smallest absolute Gasteiger partial charge is 0.339 e. The summed E-state index contributed by atoms with van der Waals surface area (Å²) in [6, 6.07) is 2.82. The van der Waals surface area contributed by atoms with Crippen molar-refractivity contribution in [1.29, 1.82) is 0 Å². The van der Waals surface area contributed by atoms with E-state index in [0.717, 1.165) is 18.2 Å². The van der Waals surface area contributed by atoms with Crippen molar-refractivity contribution in [3.8, 4) is 0 Å². The Labute approximate surface area is 78.9 Å². The van der Waals surface area contributed by atoms with E-state index in [1.54, 1.807) is 0 Å². The van der Waals surface area contributed by atoms with E-state index in [1.807, 2.05) is 5.48 Å². The van der Waals surface area contributed by atoms with Crippen LogP contribution in [0.5, 0.6) is 0 Å². The van der Waals surface area contributed by atoms with Gasteiger partial charge in [-0.3, -0.25) is 0 Å². The van der Waals surface area contributed by atoms with Gasteiger partial charge in [0.25, 0.3) is 0 Å². The lowest BCUT2D eigenvalue weighted by Crippen LogP contribution is -2.08. The Bertz CT molecular complexity index is 366. The zero-order chi connectivity index (χ0) is 10.6. The Morgan fingerprint density at radius 3 is 2.79 bits per heavy atom. The molecule has 5 heteroatoms. The average Bonchev–Trinajstić information content (AvgIpc) is 2.16. The Morgan fingerprint density at radius 2 is 2.21 bits per heavy atom. The fourth-order valence-corrected chi connectivity index (χ4v) is 0.719. The molecule has 1 N–H and O–H groups in total. The normalized spacial score (nSPS) is 9.29. The summed E-state index contributed by atoms with van der Waals surface area (Å²) in [5.74, 6) is -2.31. The van der Waals surface area contributed by atoms with Crippen molar-refractivity contribution in [3.05, 3.63) is 42.5 Å². The maximum absolute atomic E-state index is 12.9. The largest absolute Gasteiger partial charge is 0.355 e. The summed E-state index contributed by atoms with van der Waals surface area (Å²) in [4.78, 5) is 14.9. The van der Waals surface area contributed by atoms with Gasteiger partial charge in [0.2, 0.25) is 0 Å². The molecule has 0 unspecified atom stereocenters. The predicted octanol–water partition coefficient (Wildman–Crippen LogP) is 2.02. The fraction of sp³-hybridized carbons (Fsp3) is 0. The molecule has 0 aliphatic rings. The van der Waals surface area contributed by atoms with Crippen LogP contribution in [0.3, 0.4) is 0 Å². The van der Waals surface area contributed by atoms with E-state index < -0.39 is 17.6 Å². The second kappa shape index (κ2) is 4.36. The Kier molecular flexibility index (Phi) is 3.17. The van der Waals surface area contributed by atoms with Crippen LogP contribution in [-0.2, 0) is 9.63 Å². The third-order valence-electron chi connectivity index (χ3n) is 1.36. The lowest BCUT2D eigenvalue weighted by molar-refractivity contribution is -0.134. The first kappa shape index (κ1) is 10.2. The molecule has 0 fully saturated rings. The maximum Gasteiger partial charge on any atom is 0.355 e. The van der Waals surface area contributed by atoms with Gasteiger partial charge in [-0.25, -0.2) is 19.1 Å². The molecule has 0 heterocycles. The minimum atomic E-state index is -0.845.